The molecular weight excluding hydrogens is 544 g/mol. The number of rotatable bonds is 5. The first-order valence-electron chi connectivity index (χ1n) is 12.2. The summed E-state index contributed by atoms with van der Waals surface area (Å²) >= 11 is 1.12. The van der Waals surface area contributed by atoms with E-state index in [1.807, 2.05) is 13.0 Å². The highest BCUT2D eigenvalue weighted by Crippen LogP contribution is 2.38. The fraction of sp³-hybridized carbons (Fsp3) is 0.231. The molecule has 0 bridgehead atoms. The third-order valence-corrected chi connectivity index (χ3v) is 7.57. The molecule has 1 aliphatic rings. The third-order valence-electron chi connectivity index (χ3n) is 6.59. The van der Waals surface area contributed by atoms with Gasteiger partial charge < -0.3 is 14.6 Å². The standard InChI is InChI=1S/C26H21F2N7O4S/c1-12-21(13(2)39-33-12)14-8-18-22(30-10-14)35(25-31-11-20(40-25)24(36)29-3)23(32-18)19-6-7-38-26(37)34(19)15-4-5-16(27)17(28)9-15/h4-5,8-11,19H,6-7H2,1-3H3,(H,29,36)/t19-/m0/s1. The number of ether oxygens (including phenoxy) is 1. The maximum Gasteiger partial charge on any atom is 0.414 e. The van der Waals surface area contributed by atoms with Gasteiger partial charge in [0.15, 0.2) is 22.4 Å². The Kier molecular flexibility index (Phi) is 6.25. The Labute approximate surface area is 229 Å². The van der Waals surface area contributed by atoms with Gasteiger partial charge in [0.2, 0.25) is 0 Å². The van der Waals surface area contributed by atoms with Crippen LogP contribution in [0.15, 0.2) is 41.2 Å². The number of aryl methyl sites for hydroxylation is 2. The van der Waals surface area contributed by atoms with Gasteiger partial charge in [-0.3, -0.25) is 14.3 Å². The summed E-state index contributed by atoms with van der Waals surface area (Å²) in [5.74, 6) is -1.49. The minimum absolute atomic E-state index is 0.0754. The topological polar surface area (TPSA) is 128 Å². The quantitative estimate of drug-likeness (QED) is 0.320. The van der Waals surface area contributed by atoms with E-state index in [2.05, 4.69) is 20.4 Å². The van der Waals surface area contributed by atoms with E-state index in [0.717, 1.165) is 34.6 Å². The van der Waals surface area contributed by atoms with Crippen molar-refractivity contribution < 1.29 is 27.6 Å². The molecule has 0 spiro atoms. The largest absolute Gasteiger partial charge is 0.449 e. The van der Waals surface area contributed by atoms with Crippen LogP contribution in [-0.4, -0.2) is 50.3 Å². The van der Waals surface area contributed by atoms with E-state index in [-0.39, 0.29) is 18.2 Å². The summed E-state index contributed by atoms with van der Waals surface area (Å²) in [5.41, 5.74) is 3.20. The van der Waals surface area contributed by atoms with E-state index in [0.29, 0.717) is 44.9 Å². The number of hydrogen-bond donors (Lipinski definition) is 1. The molecule has 14 heteroatoms. The maximum absolute atomic E-state index is 14.2. The predicted molar refractivity (Wildman–Crippen MR) is 140 cm³/mol. The first-order chi connectivity index (χ1) is 19.3. The second-order valence-electron chi connectivity index (χ2n) is 9.04. The summed E-state index contributed by atoms with van der Waals surface area (Å²) in [6.07, 6.45) is 2.65. The number of hydrogen-bond acceptors (Lipinski definition) is 9. The van der Waals surface area contributed by atoms with E-state index in [9.17, 15) is 18.4 Å². The average molecular weight is 566 g/mol. The summed E-state index contributed by atoms with van der Waals surface area (Å²) in [4.78, 5) is 40.9. The molecule has 0 aliphatic carbocycles. The summed E-state index contributed by atoms with van der Waals surface area (Å²) < 4.78 is 40.2. The third kappa shape index (κ3) is 4.16. The lowest BCUT2D eigenvalue weighted by atomic mass is 10.1. The normalized spacial score (nSPS) is 15.5. The molecule has 6 rings (SSSR count). The van der Waals surface area contributed by atoms with Crippen LogP contribution in [0.25, 0.3) is 27.4 Å². The zero-order valence-corrected chi connectivity index (χ0v) is 22.3. The second kappa shape index (κ2) is 9.79. The van der Waals surface area contributed by atoms with Crippen LogP contribution in [0.5, 0.6) is 0 Å². The van der Waals surface area contributed by atoms with Crippen molar-refractivity contribution in [2.75, 3.05) is 18.6 Å². The van der Waals surface area contributed by atoms with E-state index >= 15 is 0 Å². The molecule has 2 amide bonds. The lowest BCUT2D eigenvalue weighted by Gasteiger charge is -2.34. The van der Waals surface area contributed by atoms with Crippen LogP contribution in [0.4, 0.5) is 19.3 Å². The van der Waals surface area contributed by atoms with Gasteiger partial charge in [0.05, 0.1) is 24.2 Å². The predicted octanol–water partition coefficient (Wildman–Crippen LogP) is 4.87. The Balaban J connectivity index is 1.56. The monoisotopic (exact) mass is 565 g/mol. The van der Waals surface area contributed by atoms with Crippen LogP contribution in [0.2, 0.25) is 0 Å². The lowest BCUT2D eigenvalue weighted by Crippen LogP contribution is -2.41. The first kappa shape index (κ1) is 25.6. The number of nitrogens with zero attached hydrogens (tertiary/aromatic N) is 6. The van der Waals surface area contributed by atoms with Crippen LogP contribution >= 0.6 is 11.3 Å². The second-order valence-corrected chi connectivity index (χ2v) is 10.1. The highest BCUT2D eigenvalue weighted by Gasteiger charge is 2.37. The first-order valence-corrected chi connectivity index (χ1v) is 13.0. The van der Waals surface area contributed by atoms with Gasteiger partial charge in [0, 0.05) is 36.9 Å². The number of halogens is 2. The van der Waals surface area contributed by atoms with Gasteiger partial charge >= 0.3 is 6.09 Å². The number of carbonyl (C=O) groups is 2. The van der Waals surface area contributed by atoms with Crippen LogP contribution in [0.1, 0.15) is 39.4 Å². The van der Waals surface area contributed by atoms with Crippen molar-refractivity contribution in [2.24, 2.45) is 0 Å². The smallest absolute Gasteiger partial charge is 0.414 e. The zero-order valence-electron chi connectivity index (χ0n) is 21.4. The molecular formula is C26H21F2N7O4S. The molecule has 204 valence electrons. The molecule has 4 aromatic heterocycles. The van der Waals surface area contributed by atoms with Gasteiger partial charge in [0.1, 0.15) is 28.0 Å². The van der Waals surface area contributed by atoms with Crippen molar-refractivity contribution in [1.82, 2.24) is 30.0 Å². The van der Waals surface area contributed by atoms with Crippen molar-refractivity contribution in [2.45, 2.75) is 26.3 Å². The summed E-state index contributed by atoms with van der Waals surface area (Å²) in [7, 11) is 1.52. The Morgan fingerprint density at radius 2 is 1.98 bits per heavy atom. The summed E-state index contributed by atoms with van der Waals surface area (Å²) in [5, 5.41) is 6.98. The van der Waals surface area contributed by atoms with E-state index in [1.165, 1.54) is 24.2 Å². The molecule has 0 radical (unpaired) electrons. The Morgan fingerprint density at radius 1 is 1.15 bits per heavy atom. The number of carbonyl (C=O) groups excluding carboxylic acids is 2. The van der Waals surface area contributed by atoms with Crippen LogP contribution in [0.3, 0.4) is 0 Å². The molecule has 5 aromatic rings. The van der Waals surface area contributed by atoms with Crippen LogP contribution in [-0.2, 0) is 4.74 Å². The Hall–Kier alpha value is -4.72. The van der Waals surface area contributed by atoms with Crippen LogP contribution < -0.4 is 10.2 Å². The van der Waals surface area contributed by atoms with E-state index in [4.69, 9.17) is 14.2 Å². The van der Waals surface area contributed by atoms with Gasteiger partial charge in [-0.05, 0) is 32.0 Å². The average Bonchev–Trinajstić information content (AvgIpc) is 3.66. The number of pyridine rings is 1. The molecule has 1 atom stereocenters. The number of amides is 2. The summed E-state index contributed by atoms with van der Waals surface area (Å²) in [6, 6.07) is 4.25. The van der Waals surface area contributed by atoms with Crippen molar-refractivity contribution in [3.8, 4) is 16.3 Å². The molecule has 1 aromatic carbocycles. The molecule has 11 nitrogen and oxygen atoms in total. The number of nitrogens with one attached hydrogen (secondary N) is 1. The lowest BCUT2D eigenvalue weighted by molar-refractivity contribution is 0.0966. The molecule has 1 aliphatic heterocycles. The van der Waals surface area contributed by atoms with Crippen LogP contribution in [0, 0.1) is 25.5 Å². The Bertz CT molecular complexity index is 1780. The molecule has 40 heavy (non-hydrogen) atoms. The highest BCUT2D eigenvalue weighted by molar-refractivity contribution is 7.16. The number of fused-ring (bicyclic) bond motifs is 1. The van der Waals surface area contributed by atoms with Gasteiger partial charge in [0.25, 0.3) is 5.91 Å². The molecule has 0 unspecified atom stereocenters. The number of benzene rings is 1. The number of cyclic esters (lactones) is 1. The van der Waals surface area contributed by atoms with Crippen molar-refractivity contribution >= 4 is 40.2 Å². The minimum Gasteiger partial charge on any atom is -0.449 e. The van der Waals surface area contributed by atoms with Gasteiger partial charge in [-0.1, -0.05) is 16.5 Å². The molecule has 1 fully saturated rings. The van der Waals surface area contributed by atoms with Gasteiger partial charge in [-0.25, -0.2) is 28.5 Å². The van der Waals surface area contributed by atoms with Gasteiger partial charge in [-0.2, -0.15) is 0 Å². The molecule has 0 saturated carbocycles. The van der Waals surface area contributed by atoms with E-state index in [1.54, 1.807) is 17.7 Å². The fourth-order valence-corrected chi connectivity index (χ4v) is 5.64. The number of anilines is 1. The number of thiazole rings is 1. The molecule has 5 heterocycles. The molecule has 1 saturated heterocycles. The minimum atomic E-state index is -1.11. The zero-order chi connectivity index (χ0) is 28.1. The highest BCUT2D eigenvalue weighted by atomic mass is 32.1. The van der Waals surface area contributed by atoms with Crippen molar-refractivity contribution in [1.29, 1.82) is 0 Å². The van der Waals surface area contributed by atoms with Gasteiger partial charge in [-0.15, -0.1) is 0 Å². The number of aromatic nitrogens is 5. The summed E-state index contributed by atoms with van der Waals surface area (Å²) in [6.45, 7) is 3.70. The van der Waals surface area contributed by atoms with Crippen molar-refractivity contribution in [3.05, 3.63) is 70.4 Å². The SMILES string of the molecule is CNC(=O)c1cnc(-n2c([C@@H]3CCOC(=O)N3c3ccc(F)c(F)c3)nc3cc(-c4c(C)noc4C)cnc32)s1. The fourth-order valence-electron chi connectivity index (χ4n) is 4.77. The number of imidazole rings is 1. The molecule has 1 N–H and O–H groups in total. The van der Waals surface area contributed by atoms with Crippen molar-refractivity contribution in [3.63, 3.8) is 0 Å². The Morgan fingerprint density at radius 3 is 2.70 bits per heavy atom. The maximum atomic E-state index is 14.2. The van der Waals surface area contributed by atoms with E-state index < -0.39 is 23.8 Å².